The molecule has 0 aliphatic carbocycles. The molecule has 2 atom stereocenters. The second kappa shape index (κ2) is 7.20. The van der Waals surface area contributed by atoms with Crippen molar-refractivity contribution in [3.05, 3.63) is 59.3 Å². The number of halogens is 1. The normalized spacial score (nSPS) is 21.8. The van der Waals surface area contributed by atoms with Crippen LogP contribution in [0.15, 0.2) is 42.5 Å². The lowest BCUT2D eigenvalue weighted by Crippen LogP contribution is -2.60. The first kappa shape index (κ1) is 19.8. The molecule has 5 rings (SSSR count). The maximum atomic E-state index is 13.2. The van der Waals surface area contributed by atoms with Crippen molar-refractivity contribution in [1.82, 2.24) is 9.88 Å². The third-order valence-electron chi connectivity index (χ3n) is 6.28. The Labute approximate surface area is 183 Å². The van der Waals surface area contributed by atoms with E-state index in [1.807, 2.05) is 49.4 Å². The number of para-hydroxylation sites is 1. The van der Waals surface area contributed by atoms with Gasteiger partial charge < -0.3 is 24.1 Å². The number of nitrogens with zero attached hydrogens (tertiary/aromatic N) is 1. The molecule has 0 unspecified atom stereocenters. The van der Waals surface area contributed by atoms with Gasteiger partial charge in [0.2, 0.25) is 12.7 Å². The van der Waals surface area contributed by atoms with E-state index in [0.717, 1.165) is 27.7 Å². The summed E-state index contributed by atoms with van der Waals surface area (Å²) in [6.07, 6.45) is 0.328. The van der Waals surface area contributed by atoms with Gasteiger partial charge >= 0.3 is 5.97 Å². The maximum absolute atomic E-state index is 13.2. The van der Waals surface area contributed by atoms with Gasteiger partial charge in [0.05, 0.1) is 7.11 Å². The quantitative estimate of drug-likeness (QED) is 0.499. The van der Waals surface area contributed by atoms with Gasteiger partial charge in [-0.25, -0.2) is 4.79 Å². The number of methoxy groups -OCH3 is 1. The minimum Gasteiger partial charge on any atom is -0.467 e. The summed E-state index contributed by atoms with van der Waals surface area (Å²) in [5.41, 5.74) is 2.51. The van der Waals surface area contributed by atoms with E-state index in [4.69, 9.17) is 25.8 Å². The van der Waals surface area contributed by atoms with Crippen LogP contribution in [0, 0.1) is 0 Å². The van der Waals surface area contributed by atoms with Crippen LogP contribution in [0.5, 0.6) is 11.5 Å². The van der Waals surface area contributed by atoms with Crippen molar-refractivity contribution in [2.45, 2.75) is 24.9 Å². The van der Waals surface area contributed by atoms with Crippen LogP contribution in [0.2, 0.25) is 0 Å². The molecule has 3 aromatic rings. The molecule has 0 bridgehead atoms. The molecule has 1 aromatic heterocycles. The van der Waals surface area contributed by atoms with Gasteiger partial charge in [0.1, 0.15) is 17.5 Å². The average molecular weight is 441 g/mol. The molecule has 0 radical (unpaired) electrons. The minimum absolute atomic E-state index is 0.141. The molecule has 1 amide bonds. The Kier molecular flexibility index (Phi) is 4.59. The highest BCUT2D eigenvalue weighted by Gasteiger charge is 2.51. The number of carbonyl (C=O) groups excluding carboxylic acids is 2. The third kappa shape index (κ3) is 2.80. The van der Waals surface area contributed by atoms with Crippen LogP contribution in [0.25, 0.3) is 10.9 Å². The van der Waals surface area contributed by atoms with Crippen molar-refractivity contribution in [2.75, 3.05) is 19.8 Å². The van der Waals surface area contributed by atoms with Crippen molar-refractivity contribution in [1.29, 1.82) is 0 Å². The number of carbonyl (C=O) groups is 2. The third-order valence-corrected chi connectivity index (χ3v) is 6.51. The number of benzene rings is 2. The van der Waals surface area contributed by atoms with E-state index in [1.54, 1.807) is 4.90 Å². The zero-order chi connectivity index (χ0) is 21.8. The lowest BCUT2D eigenvalue weighted by atomic mass is 9.77. The smallest absolute Gasteiger partial charge is 0.328 e. The van der Waals surface area contributed by atoms with E-state index in [1.165, 1.54) is 7.11 Å². The van der Waals surface area contributed by atoms with Crippen LogP contribution in [0.1, 0.15) is 23.7 Å². The number of ether oxygens (including phenoxy) is 3. The molecule has 0 spiro atoms. The number of alkyl halides is 1. The second-order valence-electron chi connectivity index (χ2n) is 7.80. The Morgan fingerprint density at radius 2 is 2.00 bits per heavy atom. The number of aromatic amines is 1. The van der Waals surface area contributed by atoms with E-state index in [9.17, 15) is 9.59 Å². The van der Waals surface area contributed by atoms with Crippen LogP contribution >= 0.6 is 11.6 Å². The number of aromatic nitrogens is 1. The molecule has 2 aliphatic rings. The van der Waals surface area contributed by atoms with Crippen LogP contribution in [-0.2, 0) is 26.3 Å². The SMILES string of the molecule is COC(=O)[C@H]1Cc2c([nH]c3ccccc23)[C@@](C)(c2ccc3c(c2)OCO3)N1C(=O)CCl. The summed E-state index contributed by atoms with van der Waals surface area (Å²) in [6, 6.07) is 12.6. The Morgan fingerprint density at radius 1 is 1.23 bits per heavy atom. The van der Waals surface area contributed by atoms with Crippen molar-refractivity contribution in [3.8, 4) is 11.5 Å². The van der Waals surface area contributed by atoms with Crippen LogP contribution in [0.4, 0.5) is 0 Å². The molecule has 7 nitrogen and oxygen atoms in total. The number of hydrogen-bond donors (Lipinski definition) is 1. The maximum Gasteiger partial charge on any atom is 0.328 e. The number of fused-ring (bicyclic) bond motifs is 4. The van der Waals surface area contributed by atoms with Crippen molar-refractivity contribution < 1.29 is 23.8 Å². The van der Waals surface area contributed by atoms with Gasteiger partial charge in [0, 0.05) is 23.0 Å². The number of esters is 1. The van der Waals surface area contributed by atoms with E-state index in [2.05, 4.69) is 4.98 Å². The van der Waals surface area contributed by atoms with Gasteiger partial charge in [-0.15, -0.1) is 11.6 Å². The molecule has 2 aromatic carbocycles. The topological polar surface area (TPSA) is 80.9 Å². The number of rotatable bonds is 3. The predicted octanol–water partition coefficient (Wildman–Crippen LogP) is 3.33. The van der Waals surface area contributed by atoms with Gasteiger partial charge in [0.15, 0.2) is 11.5 Å². The molecule has 8 heteroatoms. The van der Waals surface area contributed by atoms with E-state index in [0.29, 0.717) is 17.9 Å². The van der Waals surface area contributed by atoms with Crippen LogP contribution in [0.3, 0.4) is 0 Å². The first-order chi connectivity index (χ1) is 15.0. The molecule has 2 aliphatic heterocycles. The van der Waals surface area contributed by atoms with Crippen molar-refractivity contribution in [2.24, 2.45) is 0 Å². The lowest BCUT2D eigenvalue weighted by molar-refractivity contribution is -0.157. The summed E-state index contributed by atoms with van der Waals surface area (Å²) in [7, 11) is 1.33. The highest BCUT2D eigenvalue weighted by atomic mass is 35.5. The molecule has 0 saturated heterocycles. The molecule has 0 saturated carbocycles. The van der Waals surface area contributed by atoms with Gasteiger partial charge in [-0.3, -0.25) is 4.79 Å². The fraction of sp³-hybridized carbons (Fsp3) is 0.304. The Balaban J connectivity index is 1.81. The standard InChI is InChI=1S/C23H21ClN2O5/c1-23(13-7-8-18-19(9-13)31-12-30-18)21-15(14-5-3-4-6-16(14)25-21)10-17(22(28)29-2)26(23)20(27)11-24/h3-9,17,25H,10-12H2,1-2H3/t17-,23-/m1/s1. The summed E-state index contributed by atoms with van der Waals surface area (Å²) in [5.74, 6) is 0.126. The fourth-order valence-corrected chi connectivity index (χ4v) is 4.97. The van der Waals surface area contributed by atoms with Crippen molar-refractivity contribution in [3.63, 3.8) is 0 Å². The predicted molar refractivity (Wildman–Crippen MR) is 114 cm³/mol. The molecule has 1 N–H and O–H groups in total. The van der Waals surface area contributed by atoms with Crippen molar-refractivity contribution >= 4 is 34.4 Å². The van der Waals surface area contributed by atoms with Crippen LogP contribution < -0.4 is 9.47 Å². The first-order valence-corrected chi connectivity index (χ1v) is 10.5. The zero-order valence-electron chi connectivity index (χ0n) is 17.1. The lowest BCUT2D eigenvalue weighted by Gasteiger charge is -2.48. The molecular weight excluding hydrogens is 420 g/mol. The molecule has 0 fully saturated rings. The average Bonchev–Trinajstić information content (AvgIpc) is 3.42. The van der Waals surface area contributed by atoms with E-state index >= 15 is 0 Å². The van der Waals surface area contributed by atoms with E-state index < -0.39 is 17.6 Å². The molecule has 3 heterocycles. The van der Waals surface area contributed by atoms with E-state index in [-0.39, 0.29) is 18.6 Å². The number of hydrogen-bond acceptors (Lipinski definition) is 5. The largest absolute Gasteiger partial charge is 0.467 e. The highest BCUT2D eigenvalue weighted by Crippen LogP contribution is 2.47. The number of nitrogens with one attached hydrogen (secondary N) is 1. The Morgan fingerprint density at radius 3 is 2.77 bits per heavy atom. The van der Waals surface area contributed by atoms with Gasteiger partial charge in [-0.05, 0) is 36.2 Å². The number of H-pyrrole nitrogens is 1. The Hall–Kier alpha value is -3.19. The number of amides is 1. The molecular formula is C23H21ClN2O5. The molecule has 31 heavy (non-hydrogen) atoms. The first-order valence-electron chi connectivity index (χ1n) is 9.95. The summed E-state index contributed by atoms with van der Waals surface area (Å²) in [4.78, 5) is 31.1. The van der Waals surface area contributed by atoms with Gasteiger partial charge in [0.25, 0.3) is 0 Å². The van der Waals surface area contributed by atoms with Gasteiger partial charge in [-0.1, -0.05) is 24.3 Å². The Bertz CT molecular complexity index is 1210. The summed E-state index contributed by atoms with van der Waals surface area (Å²) >= 11 is 6.01. The zero-order valence-corrected chi connectivity index (χ0v) is 17.9. The highest BCUT2D eigenvalue weighted by molar-refractivity contribution is 6.27. The van der Waals surface area contributed by atoms with Gasteiger partial charge in [-0.2, -0.15) is 0 Å². The second-order valence-corrected chi connectivity index (χ2v) is 8.07. The summed E-state index contributed by atoms with van der Waals surface area (Å²) < 4.78 is 16.1. The fourth-order valence-electron chi connectivity index (χ4n) is 4.84. The summed E-state index contributed by atoms with van der Waals surface area (Å²) in [6.45, 7) is 2.06. The monoisotopic (exact) mass is 440 g/mol. The molecule has 160 valence electrons. The minimum atomic E-state index is -1.02. The summed E-state index contributed by atoms with van der Waals surface area (Å²) in [5, 5.41) is 1.01. The van der Waals surface area contributed by atoms with Crippen LogP contribution in [-0.4, -0.2) is 47.6 Å².